The molecular formula is C22H20BrN3S. The van der Waals surface area contributed by atoms with Gasteiger partial charge in [-0.1, -0.05) is 44.2 Å². The Morgan fingerprint density at radius 1 is 1.04 bits per heavy atom. The quantitative estimate of drug-likeness (QED) is 0.363. The fourth-order valence-corrected chi connectivity index (χ4v) is 4.59. The summed E-state index contributed by atoms with van der Waals surface area (Å²) in [6, 6.07) is 15.0. The van der Waals surface area contributed by atoms with E-state index in [9.17, 15) is 0 Å². The third-order valence-corrected chi connectivity index (χ3v) is 6.18. The van der Waals surface area contributed by atoms with Crippen molar-refractivity contribution in [3.05, 3.63) is 69.8 Å². The van der Waals surface area contributed by atoms with E-state index in [2.05, 4.69) is 99.8 Å². The first-order valence-corrected chi connectivity index (χ1v) is 10.6. The average molecular weight is 438 g/mol. The molecule has 0 aliphatic rings. The molecule has 0 aliphatic carbocycles. The van der Waals surface area contributed by atoms with Crippen LogP contribution in [0.15, 0.2) is 58.6 Å². The van der Waals surface area contributed by atoms with E-state index in [1.54, 1.807) is 17.7 Å². The monoisotopic (exact) mass is 437 g/mol. The second-order valence-electron chi connectivity index (χ2n) is 6.94. The van der Waals surface area contributed by atoms with E-state index < -0.39 is 0 Å². The molecule has 0 spiro atoms. The van der Waals surface area contributed by atoms with Crippen molar-refractivity contribution >= 4 is 49.0 Å². The minimum atomic E-state index is 0.526. The zero-order valence-electron chi connectivity index (χ0n) is 15.5. The van der Waals surface area contributed by atoms with Crippen molar-refractivity contribution in [2.45, 2.75) is 26.7 Å². The predicted molar refractivity (Wildman–Crippen MR) is 119 cm³/mol. The molecule has 0 unspecified atom stereocenters. The van der Waals surface area contributed by atoms with Crippen molar-refractivity contribution in [1.82, 2.24) is 9.97 Å². The number of nitrogens with one attached hydrogen (secondary N) is 1. The van der Waals surface area contributed by atoms with Gasteiger partial charge in [0, 0.05) is 15.4 Å². The van der Waals surface area contributed by atoms with Gasteiger partial charge in [0.2, 0.25) is 0 Å². The molecule has 1 N–H and O–H groups in total. The van der Waals surface area contributed by atoms with E-state index in [1.807, 2.05) is 0 Å². The zero-order valence-corrected chi connectivity index (χ0v) is 17.9. The Kier molecular flexibility index (Phi) is 4.98. The Hall–Kier alpha value is -2.24. The fraction of sp³-hybridized carbons (Fsp3) is 0.182. The van der Waals surface area contributed by atoms with Crippen LogP contribution >= 0.6 is 27.3 Å². The number of rotatable bonds is 4. The van der Waals surface area contributed by atoms with Crippen LogP contribution in [-0.2, 0) is 0 Å². The standard InChI is InChI=1S/C22H20BrN3S/c1-13(2)15-5-7-16(8-6-15)17-11-27-22-20(17)21(24-12-25-22)26-19-9-4-14(3)10-18(19)23/h4-13H,1-3H3,(H,24,25,26). The van der Waals surface area contributed by atoms with Crippen LogP contribution in [0.2, 0.25) is 0 Å². The minimum Gasteiger partial charge on any atom is -0.339 e. The smallest absolute Gasteiger partial charge is 0.143 e. The zero-order chi connectivity index (χ0) is 19.0. The van der Waals surface area contributed by atoms with Gasteiger partial charge in [-0.3, -0.25) is 0 Å². The molecule has 136 valence electrons. The summed E-state index contributed by atoms with van der Waals surface area (Å²) in [6.07, 6.45) is 1.62. The molecule has 0 fully saturated rings. The second kappa shape index (κ2) is 7.41. The van der Waals surface area contributed by atoms with Crippen LogP contribution in [0.5, 0.6) is 0 Å². The summed E-state index contributed by atoms with van der Waals surface area (Å²) in [6.45, 7) is 6.50. The Morgan fingerprint density at radius 2 is 1.81 bits per heavy atom. The molecule has 0 saturated carbocycles. The lowest BCUT2D eigenvalue weighted by Crippen LogP contribution is -1.96. The highest BCUT2D eigenvalue weighted by molar-refractivity contribution is 9.10. The summed E-state index contributed by atoms with van der Waals surface area (Å²) in [5.41, 5.74) is 5.90. The Bertz CT molecular complexity index is 1100. The summed E-state index contributed by atoms with van der Waals surface area (Å²) in [7, 11) is 0. The highest BCUT2D eigenvalue weighted by atomic mass is 79.9. The lowest BCUT2D eigenvalue weighted by molar-refractivity contribution is 0.867. The van der Waals surface area contributed by atoms with Crippen LogP contribution < -0.4 is 5.32 Å². The third-order valence-electron chi connectivity index (χ3n) is 4.64. The number of anilines is 2. The molecule has 0 amide bonds. The van der Waals surface area contributed by atoms with Gasteiger partial charge in [-0.15, -0.1) is 11.3 Å². The largest absolute Gasteiger partial charge is 0.339 e. The molecule has 2 aromatic heterocycles. The van der Waals surface area contributed by atoms with Gasteiger partial charge in [0.15, 0.2) is 0 Å². The molecule has 4 rings (SSSR count). The van der Waals surface area contributed by atoms with Crippen LogP contribution in [-0.4, -0.2) is 9.97 Å². The third kappa shape index (κ3) is 3.62. The predicted octanol–water partition coefficient (Wildman–Crippen LogP) is 7.30. The van der Waals surface area contributed by atoms with Crippen molar-refractivity contribution in [3.8, 4) is 11.1 Å². The first kappa shape index (κ1) is 18.1. The van der Waals surface area contributed by atoms with Gasteiger partial charge in [0.1, 0.15) is 17.0 Å². The normalized spacial score (nSPS) is 11.3. The summed E-state index contributed by atoms with van der Waals surface area (Å²) < 4.78 is 1.02. The fourth-order valence-electron chi connectivity index (χ4n) is 3.08. The highest BCUT2D eigenvalue weighted by Crippen LogP contribution is 2.38. The molecule has 2 heterocycles. The SMILES string of the molecule is Cc1ccc(Nc2ncnc3scc(-c4ccc(C(C)C)cc4)c23)c(Br)c1. The van der Waals surface area contributed by atoms with E-state index in [0.717, 1.165) is 31.8 Å². The molecule has 0 radical (unpaired) electrons. The van der Waals surface area contributed by atoms with Crippen molar-refractivity contribution in [2.75, 3.05) is 5.32 Å². The van der Waals surface area contributed by atoms with Crippen LogP contribution in [0.4, 0.5) is 11.5 Å². The van der Waals surface area contributed by atoms with Crippen molar-refractivity contribution < 1.29 is 0 Å². The lowest BCUT2D eigenvalue weighted by Gasteiger charge is -2.11. The van der Waals surface area contributed by atoms with Crippen LogP contribution in [0.25, 0.3) is 21.3 Å². The number of hydrogen-bond acceptors (Lipinski definition) is 4. The minimum absolute atomic E-state index is 0.526. The van der Waals surface area contributed by atoms with Crippen molar-refractivity contribution in [1.29, 1.82) is 0 Å². The van der Waals surface area contributed by atoms with Crippen LogP contribution in [0.3, 0.4) is 0 Å². The van der Waals surface area contributed by atoms with Crippen LogP contribution in [0, 0.1) is 6.92 Å². The molecular weight excluding hydrogens is 418 g/mol. The van der Waals surface area contributed by atoms with E-state index in [1.165, 1.54) is 16.7 Å². The molecule has 5 heteroatoms. The molecule has 0 atom stereocenters. The number of hydrogen-bond donors (Lipinski definition) is 1. The molecule has 0 saturated heterocycles. The molecule has 2 aromatic carbocycles. The number of aryl methyl sites for hydroxylation is 1. The summed E-state index contributed by atoms with van der Waals surface area (Å²) in [4.78, 5) is 9.99. The molecule has 27 heavy (non-hydrogen) atoms. The van der Waals surface area contributed by atoms with Gasteiger partial charge in [0.25, 0.3) is 0 Å². The average Bonchev–Trinajstić information content (AvgIpc) is 3.09. The molecule has 4 aromatic rings. The molecule has 0 bridgehead atoms. The highest BCUT2D eigenvalue weighted by Gasteiger charge is 2.14. The number of halogens is 1. The number of fused-ring (bicyclic) bond motifs is 1. The maximum Gasteiger partial charge on any atom is 0.143 e. The van der Waals surface area contributed by atoms with Crippen LogP contribution in [0.1, 0.15) is 30.9 Å². The van der Waals surface area contributed by atoms with E-state index in [0.29, 0.717) is 5.92 Å². The van der Waals surface area contributed by atoms with Gasteiger partial charge in [0.05, 0.1) is 11.1 Å². The van der Waals surface area contributed by atoms with Gasteiger partial charge in [-0.25, -0.2) is 9.97 Å². The Balaban J connectivity index is 1.79. The number of aromatic nitrogens is 2. The first-order chi connectivity index (χ1) is 13.0. The van der Waals surface area contributed by atoms with Gasteiger partial charge in [-0.2, -0.15) is 0 Å². The topological polar surface area (TPSA) is 37.8 Å². The number of thiophene rings is 1. The maximum atomic E-state index is 4.53. The summed E-state index contributed by atoms with van der Waals surface area (Å²) >= 11 is 5.29. The van der Waals surface area contributed by atoms with E-state index in [4.69, 9.17) is 0 Å². The summed E-state index contributed by atoms with van der Waals surface area (Å²) in [5, 5.41) is 6.71. The first-order valence-electron chi connectivity index (χ1n) is 8.88. The Morgan fingerprint density at radius 3 is 2.52 bits per heavy atom. The van der Waals surface area contributed by atoms with Crippen molar-refractivity contribution in [2.24, 2.45) is 0 Å². The summed E-state index contributed by atoms with van der Waals surface area (Å²) in [5.74, 6) is 1.35. The number of nitrogens with zero attached hydrogens (tertiary/aromatic N) is 2. The lowest BCUT2D eigenvalue weighted by atomic mass is 9.99. The molecule has 0 aliphatic heterocycles. The second-order valence-corrected chi connectivity index (χ2v) is 8.65. The molecule has 3 nitrogen and oxygen atoms in total. The van der Waals surface area contributed by atoms with Gasteiger partial charge >= 0.3 is 0 Å². The van der Waals surface area contributed by atoms with Gasteiger partial charge in [-0.05, 0) is 57.6 Å². The van der Waals surface area contributed by atoms with Gasteiger partial charge < -0.3 is 5.32 Å². The maximum absolute atomic E-state index is 4.53. The number of benzene rings is 2. The Labute approximate surface area is 171 Å². The van der Waals surface area contributed by atoms with Crippen molar-refractivity contribution in [3.63, 3.8) is 0 Å². The van der Waals surface area contributed by atoms with E-state index >= 15 is 0 Å². The van der Waals surface area contributed by atoms with E-state index in [-0.39, 0.29) is 0 Å².